The molecule has 0 unspecified atom stereocenters. The van der Waals surface area contributed by atoms with E-state index in [1.54, 1.807) is 0 Å². The van der Waals surface area contributed by atoms with Crippen LogP contribution < -0.4 is 10.1 Å². The van der Waals surface area contributed by atoms with Crippen LogP contribution in [0.2, 0.25) is 0 Å². The predicted molar refractivity (Wildman–Crippen MR) is 87.0 cm³/mol. The predicted octanol–water partition coefficient (Wildman–Crippen LogP) is 4.30. The number of benzene rings is 1. The van der Waals surface area contributed by atoms with E-state index in [-0.39, 0.29) is 0 Å². The molecule has 0 aliphatic rings. The first-order chi connectivity index (χ1) is 10.1. The van der Waals surface area contributed by atoms with E-state index < -0.39 is 0 Å². The molecule has 2 aromatic rings. The lowest BCUT2D eigenvalue weighted by atomic mass is 10.1. The summed E-state index contributed by atoms with van der Waals surface area (Å²) >= 11 is 0. The molecule has 0 atom stereocenters. The number of pyridine rings is 1. The Morgan fingerprint density at radius 3 is 2.38 bits per heavy atom. The van der Waals surface area contributed by atoms with Crippen LogP contribution in [0.15, 0.2) is 30.5 Å². The smallest absolute Gasteiger partial charge is 0.222 e. The Morgan fingerprint density at radius 1 is 1.05 bits per heavy atom. The highest BCUT2D eigenvalue weighted by atomic mass is 16.5. The molecule has 1 aromatic carbocycles. The Hall–Kier alpha value is -1.87. The molecule has 3 heteroatoms. The van der Waals surface area contributed by atoms with Gasteiger partial charge in [0.15, 0.2) is 0 Å². The van der Waals surface area contributed by atoms with Crippen molar-refractivity contribution in [1.82, 2.24) is 10.3 Å². The van der Waals surface area contributed by atoms with Crippen molar-refractivity contribution < 1.29 is 4.74 Å². The number of nitrogens with zero attached hydrogens (tertiary/aromatic N) is 1. The van der Waals surface area contributed by atoms with E-state index >= 15 is 0 Å². The molecule has 0 saturated carbocycles. The Morgan fingerprint density at radius 2 is 1.76 bits per heavy atom. The molecule has 2 rings (SSSR count). The monoisotopic (exact) mass is 284 g/mol. The average molecular weight is 284 g/mol. The third-order valence-electron chi connectivity index (χ3n) is 3.25. The van der Waals surface area contributed by atoms with Gasteiger partial charge in [-0.3, -0.25) is 0 Å². The Kier molecular flexibility index (Phi) is 5.34. The van der Waals surface area contributed by atoms with Crippen molar-refractivity contribution in [2.24, 2.45) is 0 Å². The molecule has 0 fully saturated rings. The van der Waals surface area contributed by atoms with E-state index in [4.69, 9.17) is 4.74 Å². The minimum atomic E-state index is 0.680. The van der Waals surface area contributed by atoms with E-state index in [0.717, 1.165) is 30.8 Å². The van der Waals surface area contributed by atoms with Gasteiger partial charge in [-0.05, 0) is 68.6 Å². The molecule has 1 heterocycles. The number of nitrogens with one attached hydrogen (secondary N) is 1. The van der Waals surface area contributed by atoms with Gasteiger partial charge in [-0.2, -0.15) is 0 Å². The van der Waals surface area contributed by atoms with Gasteiger partial charge < -0.3 is 10.1 Å². The van der Waals surface area contributed by atoms with Crippen molar-refractivity contribution in [3.8, 4) is 11.6 Å². The van der Waals surface area contributed by atoms with Crippen LogP contribution in [0.1, 0.15) is 35.6 Å². The number of ether oxygens (including phenoxy) is 1. The van der Waals surface area contributed by atoms with Crippen molar-refractivity contribution in [3.63, 3.8) is 0 Å². The van der Waals surface area contributed by atoms with Crippen molar-refractivity contribution in [1.29, 1.82) is 0 Å². The van der Waals surface area contributed by atoms with Crippen LogP contribution in [0.25, 0.3) is 0 Å². The molecule has 0 aliphatic heterocycles. The summed E-state index contributed by atoms with van der Waals surface area (Å²) < 4.78 is 5.92. The van der Waals surface area contributed by atoms with Gasteiger partial charge in [0.25, 0.3) is 0 Å². The normalized spacial score (nSPS) is 10.7. The third-order valence-corrected chi connectivity index (χ3v) is 3.25. The van der Waals surface area contributed by atoms with Gasteiger partial charge in [-0.1, -0.05) is 13.0 Å². The zero-order valence-electron chi connectivity index (χ0n) is 13.4. The second-order valence-electron chi connectivity index (χ2n) is 5.57. The van der Waals surface area contributed by atoms with E-state index in [1.807, 2.05) is 25.3 Å². The molecular formula is C18H24N2O. The van der Waals surface area contributed by atoms with Gasteiger partial charge >= 0.3 is 0 Å². The summed E-state index contributed by atoms with van der Waals surface area (Å²) in [6, 6.07) is 8.33. The first-order valence-corrected chi connectivity index (χ1v) is 7.51. The molecule has 21 heavy (non-hydrogen) atoms. The number of aromatic nitrogens is 1. The SMILES string of the molecule is CCCNCc1cnc(Oc2cc(C)cc(C)c2)c(C)c1. The Balaban J connectivity index is 2.10. The molecule has 0 bridgehead atoms. The van der Waals surface area contributed by atoms with Crippen LogP contribution >= 0.6 is 0 Å². The molecule has 0 radical (unpaired) electrons. The second kappa shape index (κ2) is 7.23. The quantitative estimate of drug-likeness (QED) is 0.803. The highest BCUT2D eigenvalue weighted by Gasteiger charge is 2.05. The van der Waals surface area contributed by atoms with Gasteiger partial charge in [0.05, 0.1) is 0 Å². The maximum absolute atomic E-state index is 5.92. The van der Waals surface area contributed by atoms with Crippen LogP contribution in [-0.2, 0) is 6.54 Å². The minimum Gasteiger partial charge on any atom is -0.439 e. The van der Waals surface area contributed by atoms with Crippen molar-refractivity contribution in [2.45, 2.75) is 40.7 Å². The molecule has 112 valence electrons. The molecule has 0 spiro atoms. The highest BCUT2D eigenvalue weighted by molar-refractivity contribution is 5.37. The van der Waals surface area contributed by atoms with Gasteiger partial charge in [0.1, 0.15) is 5.75 Å². The number of hydrogen-bond acceptors (Lipinski definition) is 3. The van der Waals surface area contributed by atoms with Crippen molar-refractivity contribution in [3.05, 3.63) is 52.7 Å². The van der Waals surface area contributed by atoms with Gasteiger partial charge in [-0.25, -0.2) is 4.98 Å². The summed E-state index contributed by atoms with van der Waals surface area (Å²) in [6.07, 6.45) is 3.02. The zero-order valence-corrected chi connectivity index (χ0v) is 13.4. The number of rotatable bonds is 6. The van der Waals surface area contributed by atoms with E-state index in [9.17, 15) is 0 Å². The van der Waals surface area contributed by atoms with Crippen molar-refractivity contribution in [2.75, 3.05) is 6.54 Å². The fourth-order valence-corrected chi connectivity index (χ4v) is 2.34. The molecule has 0 saturated heterocycles. The molecule has 1 N–H and O–H groups in total. The summed E-state index contributed by atoms with van der Waals surface area (Å²) in [7, 11) is 0. The van der Waals surface area contributed by atoms with Crippen LogP contribution in [0.4, 0.5) is 0 Å². The summed E-state index contributed by atoms with van der Waals surface area (Å²) in [5, 5.41) is 3.38. The molecule has 3 nitrogen and oxygen atoms in total. The maximum atomic E-state index is 5.92. The van der Waals surface area contributed by atoms with Gasteiger partial charge in [-0.15, -0.1) is 0 Å². The van der Waals surface area contributed by atoms with Gasteiger partial charge in [0.2, 0.25) is 5.88 Å². The summed E-state index contributed by atoms with van der Waals surface area (Å²) in [5.41, 5.74) is 4.64. The Labute approximate surface area is 127 Å². The van der Waals surface area contributed by atoms with E-state index in [1.165, 1.54) is 16.7 Å². The average Bonchev–Trinajstić information content (AvgIpc) is 2.41. The Bertz CT molecular complexity index is 588. The zero-order chi connectivity index (χ0) is 15.2. The number of hydrogen-bond donors (Lipinski definition) is 1. The highest BCUT2D eigenvalue weighted by Crippen LogP contribution is 2.25. The third kappa shape index (κ3) is 4.57. The fraction of sp³-hybridized carbons (Fsp3) is 0.389. The lowest BCUT2D eigenvalue weighted by Gasteiger charge is -2.11. The second-order valence-corrected chi connectivity index (χ2v) is 5.57. The fourth-order valence-electron chi connectivity index (χ4n) is 2.34. The molecular weight excluding hydrogens is 260 g/mol. The van der Waals surface area contributed by atoms with Crippen LogP contribution in [0.3, 0.4) is 0 Å². The minimum absolute atomic E-state index is 0.680. The first kappa shape index (κ1) is 15.5. The van der Waals surface area contributed by atoms with Gasteiger partial charge in [0, 0.05) is 18.3 Å². The lowest BCUT2D eigenvalue weighted by molar-refractivity contribution is 0.457. The van der Waals surface area contributed by atoms with Crippen LogP contribution in [-0.4, -0.2) is 11.5 Å². The molecule has 0 amide bonds. The summed E-state index contributed by atoms with van der Waals surface area (Å²) in [4.78, 5) is 4.45. The van der Waals surface area contributed by atoms with E-state index in [0.29, 0.717) is 5.88 Å². The first-order valence-electron chi connectivity index (χ1n) is 7.51. The number of aryl methyl sites for hydroxylation is 3. The summed E-state index contributed by atoms with van der Waals surface area (Å²) in [5.74, 6) is 1.53. The largest absolute Gasteiger partial charge is 0.439 e. The standard InChI is InChI=1S/C18H24N2O/c1-5-6-19-11-16-10-15(4)18(20-12-16)21-17-8-13(2)7-14(3)9-17/h7-10,12,19H,5-6,11H2,1-4H3. The van der Waals surface area contributed by atoms with Crippen molar-refractivity contribution >= 4 is 0 Å². The maximum Gasteiger partial charge on any atom is 0.222 e. The van der Waals surface area contributed by atoms with Crippen LogP contribution in [0.5, 0.6) is 11.6 Å². The summed E-state index contributed by atoms with van der Waals surface area (Å²) in [6.45, 7) is 10.2. The lowest BCUT2D eigenvalue weighted by Crippen LogP contribution is -2.14. The van der Waals surface area contributed by atoms with Crippen LogP contribution in [0, 0.1) is 20.8 Å². The van der Waals surface area contributed by atoms with E-state index in [2.05, 4.69) is 43.2 Å². The molecule has 0 aliphatic carbocycles. The molecule has 1 aromatic heterocycles. The topological polar surface area (TPSA) is 34.2 Å².